The molecule has 0 unspecified atom stereocenters. The molecule has 0 aliphatic heterocycles. The Hall–Kier alpha value is -3.28. The Balaban J connectivity index is 2.06. The van der Waals surface area contributed by atoms with Crippen LogP contribution in [0, 0.1) is 6.92 Å². The number of carbonyl (C=O) groups excluding carboxylic acids is 1. The van der Waals surface area contributed by atoms with Crippen molar-refractivity contribution in [3.05, 3.63) is 53.7 Å². The molecular weight excluding hydrogens is 320 g/mol. The molecule has 2 aromatic carbocycles. The van der Waals surface area contributed by atoms with E-state index in [1.54, 1.807) is 50.7 Å². The Morgan fingerprint density at radius 3 is 2.32 bits per heavy atom. The van der Waals surface area contributed by atoms with E-state index in [1.165, 1.54) is 0 Å². The highest BCUT2D eigenvalue weighted by molar-refractivity contribution is 5.93. The van der Waals surface area contributed by atoms with Gasteiger partial charge in [0.1, 0.15) is 11.5 Å². The zero-order chi connectivity index (χ0) is 18.0. The second kappa shape index (κ2) is 6.68. The van der Waals surface area contributed by atoms with Gasteiger partial charge in [0.05, 0.1) is 19.7 Å². The maximum Gasteiger partial charge on any atom is 0.248 e. The first-order chi connectivity index (χ1) is 12.0. The highest BCUT2D eigenvalue weighted by Gasteiger charge is 2.12. The molecule has 2 N–H and O–H groups in total. The number of benzene rings is 2. The molecule has 0 fully saturated rings. The molecule has 0 atom stereocenters. The van der Waals surface area contributed by atoms with E-state index in [2.05, 4.69) is 4.98 Å². The Morgan fingerprint density at radius 2 is 1.68 bits per heavy atom. The number of aromatic nitrogens is 1. The van der Waals surface area contributed by atoms with Crippen LogP contribution in [-0.2, 0) is 0 Å². The third-order valence-electron chi connectivity index (χ3n) is 3.89. The maximum absolute atomic E-state index is 11.3. The van der Waals surface area contributed by atoms with Gasteiger partial charge in [-0.1, -0.05) is 0 Å². The summed E-state index contributed by atoms with van der Waals surface area (Å²) in [6.07, 6.45) is 1.66. The summed E-state index contributed by atoms with van der Waals surface area (Å²) in [5.41, 5.74) is 7.28. The predicted octanol–water partition coefficient (Wildman–Crippen LogP) is 3.45. The number of primary amides is 1. The summed E-state index contributed by atoms with van der Waals surface area (Å²) in [5, 5.41) is 0.790. The lowest BCUT2D eigenvalue weighted by atomic mass is 10.1. The van der Waals surface area contributed by atoms with Crippen LogP contribution in [0.3, 0.4) is 0 Å². The second-order valence-corrected chi connectivity index (χ2v) is 5.48. The molecule has 0 bridgehead atoms. The number of amides is 1. The minimum absolute atomic E-state index is 0.441. The SMILES string of the molecule is COc1cc2nccc(Oc3ccc(C(N)=O)cc3C)c2cc1OC. The molecule has 1 amide bonds. The van der Waals surface area contributed by atoms with E-state index < -0.39 is 5.91 Å². The van der Waals surface area contributed by atoms with Crippen molar-refractivity contribution in [2.75, 3.05) is 14.2 Å². The van der Waals surface area contributed by atoms with E-state index in [9.17, 15) is 4.79 Å². The number of hydrogen-bond donors (Lipinski definition) is 1. The Bertz CT molecular complexity index is 954. The van der Waals surface area contributed by atoms with Gasteiger partial charge >= 0.3 is 0 Å². The van der Waals surface area contributed by atoms with Gasteiger partial charge in [0.25, 0.3) is 0 Å². The van der Waals surface area contributed by atoms with Crippen molar-refractivity contribution >= 4 is 16.8 Å². The number of methoxy groups -OCH3 is 2. The summed E-state index contributed by atoms with van der Waals surface area (Å²) in [5.74, 6) is 1.98. The van der Waals surface area contributed by atoms with Crippen LogP contribution in [0.4, 0.5) is 0 Å². The molecule has 1 heterocycles. The van der Waals surface area contributed by atoms with Crippen molar-refractivity contribution < 1.29 is 19.0 Å². The average molecular weight is 338 g/mol. The van der Waals surface area contributed by atoms with Gasteiger partial charge in [0, 0.05) is 23.2 Å². The van der Waals surface area contributed by atoms with Crippen LogP contribution in [0.15, 0.2) is 42.6 Å². The van der Waals surface area contributed by atoms with Gasteiger partial charge in [0.2, 0.25) is 5.91 Å². The number of pyridine rings is 1. The van der Waals surface area contributed by atoms with Crippen LogP contribution in [-0.4, -0.2) is 25.1 Å². The third-order valence-corrected chi connectivity index (χ3v) is 3.89. The monoisotopic (exact) mass is 338 g/mol. The van der Waals surface area contributed by atoms with Crippen LogP contribution in [0.1, 0.15) is 15.9 Å². The van der Waals surface area contributed by atoms with Crippen molar-refractivity contribution in [2.24, 2.45) is 5.73 Å². The maximum atomic E-state index is 11.3. The van der Waals surface area contributed by atoms with Gasteiger partial charge in [-0.15, -0.1) is 0 Å². The van der Waals surface area contributed by atoms with Crippen LogP contribution in [0.5, 0.6) is 23.0 Å². The van der Waals surface area contributed by atoms with Crippen LogP contribution in [0.25, 0.3) is 10.9 Å². The van der Waals surface area contributed by atoms with Gasteiger partial charge in [-0.2, -0.15) is 0 Å². The first kappa shape index (κ1) is 16.6. The first-order valence-electron chi connectivity index (χ1n) is 7.62. The fourth-order valence-corrected chi connectivity index (χ4v) is 2.57. The number of aryl methyl sites for hydroxylation is 1. The molecule has 128 valence electrons. The number of fused-ring (bicyclic) bond motifs is 1. The van der Waals surface area contributed by atoms with Gasteiger partial charge in [-0.25, -0.2) is 0 Å². The van der Waals surface area contributed by atoms with Crippen molar-refractivity contribution in [2.45, 2.75) is 6.92 Å². The van der Waals surface area contributed by atoms with E-state index >= 15 is 0 Å². The van der Waals surface area contributed by atoms with E-state index in [0.29, 0.717) is 28.6 Å². The molecule has 0 aliphatic carbocycles. The van der Waals surface area contributed by atoms with Crippen molar-refractivity contribution in [3.8, 4) is 23.0 Å². The summed E-state index contributed by atoms with van der Waals surface area (Å²) >= 11 is 0. The number of ether oxygens (including phenoxy) is 3. The van der Waals surface area contributed by atoms with Crippen molar-refractivity contribution in [1.82, 2.24) is 4.98 Å². The molecule has 25 heavy (non-hydrogen) atoms. The van der Waals surface area contributed by atoms with E-state index in [0.717, 1.165) is 16.5 Å². The van der Waals surface area contributed by atoms with Crippen molar-refractivity contribution in [3.63, 3.8) is 0 Å². The van der Waals surface area contributed by atoms with Gasteiger partial charge in [-0.3, -0.25) is 9.78 Å². The van der Waals surface area contributed by atoms with Gasteiger partial charge in [-0.05, 0) is 42.8 Å². The second-order valence-electron chi connectivity index (χ2n) is 5.48. The molecule has 3 rings (SSSR count). The number of nitrogens with two attached hydrogens (primary N) is 1. The lowest BCUT2D eigenvalue weighted by Crippen LogP contribution is -2.10. The summed E-state index contributed by atoms with van der Waals surface area (Å²) < 4.78 is 16.7. The van der Waals surface area contributed by atoms with Crippen molar-refractivity contribution in [1.29, 1.82) is 0 Å². The highest BCUT2D eigenvalue weighted by Crippen LogP contribution is 2.37. The number of nitrogens with zero attached hydrogens (tertiary/aromatic N) is 1. The largest absolute Gasteiger partial charge is 0.493 e. The predicted molar refractivity (Wildman–Crippen MR) is 94.6 cm³/mol. The molecule has 0 spiro atoms. The molecular formula is C19H18N2O4. The minimum atomic E-state index is -0.471. The number of carbonyl (C=O) groups is 1. The smallest absolute Gasteiger partial charge is 0.248 e. The number of hydrogen-bond acceptors (Lipinski definition) is 5. The molecule has 0 aliphatic rings. The quantitative estimate of drug-likeness (QED) is 0.770. The zero-order valence-electron chi connectivity index (χ0n) is 14.2. The minimum Gasteiger partial charge on any atom is -0.493 e. The van der Waals surface area contributed by atoms with Crippen LogP contribution in [0.2, 0.25) is 0 Å². The standard InChI is InChI=1S/C19H18N2O4/c1-11-8-12(19(20)22)4-5-15(11)25-16-6-7-21-14-10-18(24-3)17(23-2)9-13(14)16/h4-10H,1-3H3,(H2,20,22). The molecule has 0 saturated heterocycles. The number of rotatable bonds is 5. The summed E-state index contributed by atoms with van der Waals surface area (Å²) in [6.45, 7) is 1.86. The summed E-state index contributed by atoms with van der Waals surface area (Å²) in [6, 6.07) is 10.5. The highest BCUT2D eigenvalue weighted by atomic mass is 16.5. The van der Waals surface area contributed by atoms with E-state index in [-0.39, 0.29) is 0 Å². The Labute approximate surface area is 145 Å². The summed E-state index contributed by atoms with van der Waals surface area (Å²) in [4.78, 5) is 15.6. The molecule has 6 nitrogen and oxygen atoms in total. The van der Waals surface area contributed by atoms with E-state index in [1.807, 2.05) is 13.0 Å². The molecule has 3 aromatic rings. The Morgan fingerprint density at radius 1 is 0.960 bits per heavy atom. The lowest BCUT2D eigenvalue weighted by molar-refractivity contribution is 0.1000. The van der Waals surface area contributed by atoms with Gasteiger partial charge in [0.15, 0.2) is 11.5 Å². The third kappa shape index (κ3) is 3.19. The molecule has 0 radical (unpaired) electrons. The molecule has 1 aromatic heterocycles. The molecule has 0 saturated carbocycles. The fourth-order valence-electron chi connectivity index (χ4n) is 2.57. The van der Waals surface area contributed by atoms with E-state index in [4.69, 9.17) is 19.9 Å². The average Bonchev–Trinajstić information content (AvgIpc) is 2.62. The topological polar surface area (TPSA) is 83.7 Å². The van der Waals surface area contributed by atoms with Gasteiger partial charge < -0.3 is 19.9 Å². The van der Waals surface area contributed by atoms with Crippen LogP contribution >= 0.6 is 0 Å². The first-order valence-corrected chi connectivity index (χ1v) is 7.62. The fraction of sp³-hybridized carbons (Fsp3) is 0.158. The Kier molecular flexibility index (Phi) is 4.43. The lowest BCUT2D eigenvalue weighted by Gasteiger charge is -2.13. The normalized spacial score (nSPS) is 10.5. The summed E-state index contributed by atoms with van der Waals surface area (Å²) in [7, 11) is 3.15. The van der Waals surface area contributed by atoms with Crippen LogP contribution < -0.4 is 19.9 Å². The zero-order valence-corrected chi connectivity index (χ0v) is 14.2. The molecule has 6 heteroatoms.